The summed E-state index contributed by atoms with van der Waals surface area (Å²) >= 11 is 0. The first-order chi connectivity index (χ1) is 24.2. The Morgan fingerprint density at radius 2 is 1.02 bits per heavy atom. The molecule has 8 nitrogen and oxygen atoms in total. The van der Waals surface area contributed by atoms with Gasteiger partial charge in [0.2, 0.25) is 25.2 Å². The first-order valence-corrected chi connectivity index (χ1v) is 18.5. The lowest BCUT2D eigenvalue weighted by atomic mass is 9.75. The Morgan fingerprint density at radius 1 is 0.560 bits per heavy atom. The van der Waals surface area contributed by atoms with Gasteiger partial charge in [-0.15, -0.1) is 0 Å². The number of rotatable bonds is 17. The minimum absolute atomic E-state index is 0.0461. The van der Waals surface area contributed by atoms with E-state index in [0.29, 0.717) is 32.8 Å². The normalized spacial score (nSPS) is 22.4. The van der Waals surface area contributed by atoms with Gasteiger partial charge in [0.15, 0.2) is 0 Å². The van der Waals surface area contributed by atoms with Gasteiger partial charge in [-0.3, -0.25) is 0 Å². The highest BCUT2D eigenvalue weighted by Crippen LogP contribution is 2.46. The van der Waals surface area contributed by atoms with Gasteiger partial charge in [-0.1, -0.05) is 66.5 Å². The van der Waals surface area contributed by atoms with E-state index in [2.05, 4.69) is 90.1 Å². The lowest BCUT2D eigenvalue weighted by Gasteiger charge is -2.30. The van der Waals surface area contributed by atoms with Crippen LogP contribution in [-0.4, -0.2) is 51.6 Å². The van der Waals surface area contributed by atoms with Crippen molar-refractivity contribution in [3.8, 4) is 23.0 Å². The van der Waals surface area contributed by atoms with E-state index in [9.17, 15) is 0 Å². The second-order valence-corrected chi connectivity index (χ2v) is 15.0. The molecule has 266 valence electrons. The summed E-state index contributed by atoms with van der Waals surface area (Å²) in [6.45, 7) is 16.2. The zero-order chi connectivity index (χ0) is 34.6. The smallest absolute Gasteiger partial charge is 0.223 e. The summed E-state index contributed by atoms with van der Waals surface area (Å²) in [4.78, 5) is 0. The van der Waals surface area contributed by atoms with Gasteiger partial charge in [0.25, 0.3) is 0 Å². The van der Waals surface area contributed by atoms with Gasteiger partial charge in [-0.2, -0.15) is 0 Å². The van der Waals surface area contributed by atoms with E-state index < -0.39 is 0 Å². The molecule has 8 heteroatoms. The molecule has 0 aliphatic carbocycles. The highest BCUT2D eigenvalue weighted by molar-refractivity contribution is 5.96. The second kappa shape index (κ2) is 13.2. The summed E-state index contributed by atoms with van der Waals surface area (Å²) in [6.07, 6.45) is 4.74. The van der Waals surface area contributed by atoms with Gasteiger partial charge in [-0.25, -0.2) is 0 Å². The molecule has 0 amide bonds. The molecule has 0 aromatic heterocycles. The molecule has 4 unspecified atom stereocenters. The van der Waals surface area contributed by atoms with Crippen molar-refractivity contribution in [2.45, 2.75) is 111 Å². The van der Waals surface area contributed by atoms with Gasteiger partial charge in [0, 0.05) is 17.5 Å². The summed E-state index contributed by atoms with van der Waals surface area (Å²) in [5, 5.41) is 4.60. The van der Waals surface area contributed by atoms with Crippen LogP contribution in [0.25, 0.3) is 21.5 Å². The van der Waals surface area contributed by atoms with Crippen LogP contribution in [0.1, 0.15) is 89.5 Å². The van der Waals surface area contributed by atoms with E-state index in [1.165, 1.54) is 21.9 Å². The maximum Gasteiger partial charge on any atom is 0.223 e. The summed E-state index contributed by atoms with van der Waals surface area (Å²) in [6, 6.07) is 17.4. The summed E-state index contributed by atoms with van der Waals surface area (Å²) in [5.74, 6) is 3.23. The maximum absolute atomic E-state index is 6.50. The Balaban J connectivity index is 1.35. The Kier molecular flexibility index (Phi) is 8.87. The molecule has 0 spiro atoms. The first-order valence-electron chi connectivity index (χ1n) is 18.5. The number of fused-ring (bicyclic) bond motifs is 2. The van der Waals surface area contributed by atoms with Crippen molar-refractivity contribution in [1.82, 2.24) is 0 Å². The standard InChI is InChI=1S/C42H50O8/c1-7-41(5,8-2)20-25-15-26(47-37-21-43-37)16-30-28(25)11-13-35(49-39-23-45-39)32(30)19-33-31-17-27(48-38-22-44-38)18-34(42(6,9-3)10-4)29(31)12-14-36(33)50-40-24-46-40/h11-18,37-40H,7-10,19-24H2,1-6H3. The molecule has 4 aliphatic rings. The van der Waals surface area contributed by atoms with E-state index in [1.807, 2.05) is 0 Å². The molecule has 0 bridgehead atoms. The molecule has 4 fully saturated rings. The Bertz CT molecular complexity index is 1880. The molecular weight excluding hydrogens is 632 g/mol. The fraction of sp³-hybridized carbons (Fsp3) is 0.524. The number of epoxide rings is 4. The van der Waals surface area contributed by atoms with E-state index >= 15 is 0 Å². The van der Waals surface area contributed by atoms with Gasteiger partial charge >= 0.3 is 0 Å². The quantitative estimate of drug-likeness (QED) is 0.102. The molecule has 50 heavy (non-hydrogen) atoms. The van der Waals surface area contributed by atoms with Gasteiger partial charge in [0.1, 0.15) is 49.4 Å². The van der Waals surface area contributed by atoms with E-state index in [4.69, 9.17) is 37.9 Å². The largest absolute Gasteiger partial charge is 0.462 e. The van der Waals surface area contributed by atoms with Crippen molar-refractivity contribution < 1.29 is 37.9 Å². The predicted octanol–water partition coefficient (Wildman–Crippen LogP) is 8.97. The second-order valence-electron chi connectivity index (χ2n) is 15.0. The average molecular weight is 683 g/mol. The molecule has 8 rings (SSSR count). The monoisotopic (exact) mass is 682 g/mol. The van der Waals surface area contributed by atoms with Crippen molar-refractivity contribution in [3.63, 3.8) is 0 Å². The first kappa shape index (κ1) is 33.6. The van der Waals surface area contributed by atoms with Crippen LogP contribution in [0.4, 0.5) is 0 Å². The number of hydrogen-bond acceptors (Lipinski definition) is 8. The fourth-order valence-corrected chi connectivity index (χ4v) is 7.12. The summed E-state index contributed by atoms with van der Waals surface area (Å²) in [7, 11) is 0. The van der Waals surface area contributed by atoms with Crippen molar-refractivity contribution in [1.29, 1.82) is 0 Å². The zero-order valence-corrected chi connectivity index (χ0v) is 30.3. The molecular formula is C42H50O8. The van der Waals surface area contributed by atoms with Crippen molar-refractivity contribution in [3.05, 3.63) is 70.8 Å². The van der Waals surface area contributed by atoms with Crippen LogP contribution in [0.5, 0.6) is 23.0 Å². The zero-order valence-electron chi connectivity index (χ0n) is 30.3. The van der Waals surface area contributed by atoms with Gasteiger partial charge in [-0.05, 0) is 99.2 Å². The lowest BCUT2D eigenvalue weighted by Crippen LogP contribution is -2.20. The topological polar surface area (TPSA) is 87.0 Å². The Hall–Kier alpha value is -3.56. The van der Waals surface area contributed by atoms with E-state index in [1.54, 1.807) is 0 Å². The van der Waals surface area contributed by atoms with Crippen molar-refractivity contribution in [2.75, 3.05) is 26.4 Å². The minimum atomic E-state index is -0.254. The Labute approximate surface area is 295 Å². The fourth-order valence-electron chi connectivity index (χ4n) is 7.12. The van der Waals surface area contributed by atoms with Crippen molar-refractivity contribution >= 4 is 21.5 Å². The molecule has 4 atom stereocenters. The highest BCUT2D eigenvalue weighted by atomic mass is 16.8. The maximum atomic E-state index is 6.50. The molecule has 4 aromatic rings. The average Bonchev–Trinajstić information content (AvgIpc) is 3.89. The number of hydrogen-bond donors (Lipinski definition) is 0. The molecule has 0 saturated carbocycles. The van der Waals surface area contributed by atoms with Crippen molar-refractivity contribution in [2.24, 2.45) is 5.41 Å². The van der Waals surface area contributed by atoms with Crippen LogP contribution in [0.2, 0.25) is 0 Å². The van der Waals surface area contributed by atoms with Gasteiger partial charge < -0.3 is 37.9 Å². The molecule has 0 N–H and O–H groups in total. The molecule has 4 aliphatic heterocycles. The third kappa shape index (κ3) is 7.00. The summed E-state index contributed by atoms with van der Waals surface area (Å²) in [5.41, 5.74) is 4.78. The molecule has 4 aromatic carbocycles. The predicted molar refractivity (Wildman–Crippen MR) is 193 cm³/mol. The summed E-state index contributed by atoms with van der Waals surface area (Å²) < 4.78 is 47.9. The third-order valence-electron chi connectivity index (χ3n) is 11.6. The van der Waals surface area contributed by atoms with Crippen LogP contribution in [0, 0.1) is 5.41 Å². The number of ether oxygens (including phenoxy) is 8. The Morgan fingerprint density at radius 3 is 1.50 bits per heavy atom. The number of benzene rings is 4. The molecule has 0 radical (unpaired) electrons. The van der Waals surface area contributed by atoms with Gasteiger partial charge in [0.05, 0.1) is 0 Å². The lowest BCUT2D eigenvalue weighted by molar-refractivity contribution is 0.177. The minimum Gasteiger partial charge on any atom is -0.462 e. The molecule has 4 heterocycles. The van der Waals surface area contributed by atoms with Crippen LogP contribution >= 0.6 is 0 Å². The third-order valence-corrected chi connectivity index (χ3v) is 11.6. The van der Waals surface area contributed by atoms with Crippen LogP contribution in [0.3, 0.4) is 0 Å². The van der Waals surface area contributed by atoms with Crippen LogP contribution in [0.15, 0.2) is 48.5 Å². The highest BCUT2D eigenvalue weighted by Gasteiger charge is 2.33. The van der Waals surface area contributed by atoms with Crippen LogP contribution in [-0.2, 0) is 37.2 Å². The molecule has 4 saturated heterocycles. The van der Waals surface area contributed by atoms with E-state index in [0.717, 1.165) is 77.0 Å². The van der Waals surface area contributed by atoms with E-state index in [-0.39, 0.29) is 36.0 Å². The van der Waals surface area contributed by atoms with Crippen LogP contribution < -0.4 is 18.9 Å². The SMILES string of the molecule is CCC(C)(CC)Cc1cc(OC2CO2)cc2c(Cc3c(OC4CO4)ccc4c(C(C)(CC)CC)cc(OC5CO5)cc34)c(OC3CO3)ccc12.